The van der Waals surface area contributed by atoms with Gasteiger partial charge in [0.1, 0.15) is 4.34 Å². The normalized spacial score (nSPS) is 12.9. The molecule has 0 fully saturated rings. The molecule has 0 saturated carbocycles. The molecule has 5 heteroatoms. The Hall–Kier alpha value is -0.100. The summed E-state index contributed by atoms with van der Waals surface area (Å²) in [5.74, 6) is 1.12. The summed E-state index contributed by atoms with van der Waals surface area (Å²) in [7, 11) is 0. The molecule has 1 unspecified atom stereocenters. The van der Waals surface area contributed by atoms with Gasteiger partial charge in [-0.2, -0.15) is 0 Å². The Bertz CT molecular complexity index is 254. The van der Waals surface area contributed by atoms with E-state index in [0.717, 1.165) is 35.9 Å². The summed E-state index contributed by atoms with van der Waals surface area (Å²) in [5, 5.41) is 14.2. The van der Waals surface area contributed by atoms with Crippen LogP contribution >= 0.6 is 23.1 Å². The Labute approximate surface area is 106 Å². The van der Waals surface area contributed by atoms with Gasteiger partial charge in [0.05, 0.1) is 0 Å². The highest BCUT2D eigenvalue weighted by Gasteiger charge is 2.00. The fourth-order valence-corrected chi connectivity index (χ4v) is 3.01. The molecule has 1 heterocycles. The number of thioether (sulfide) groups is 1. The Balaban J connectivity index is 1.91. The van der Waals surface area contributed by atoms with E-state index >= 15 is 0 Å². The predicted molar refractivity (Wildman–Crippen MR) is 71.2 cm³/mol. The summed E-state index contributed by atoms with van der Waals surface area (Å²) in [5.41, 5.74) is 0. The maximum absolute atomic E-state index is 8.69. The molecule has 0 amide bonds. The summed E-state index contributed by atoms with van der Waals surface area (Å²) in [6.45, 7) is 3.51. The number of aliphatic hydroxyl groups is 1. The lowest BCUT2D eigenvalue weighted by atomic mass is 10.2. The highest BCUT2D eigenvalue weighted by Crippen LogP contribution is 2.20. The molecule has 0 saturated heterocycles. The smallest absolute Gasteiger partial charge is 0.149 e. The summed E-state index contributed by atoms with van der Waals surface area (Å²) in [6.07, 6.45) is 4.95. The van der Waals surface area contributed by atoms with Crippen molar-refractivity contribution in [1.29, 1.82) is 0 Å². The number of hydrogen-bond donors (Lipinski definition) is 2. The third-order valence-electron chi connectivity index (χ3n) is 2.24. The average Bonchev–Trinajstić information content (AvgIpc) is 2.79. The van der Waals surface area contributed by atoms with Gasteiger partial charge in [0, 0.05) is 30.0 Å². The standard InChI is InChI=1S/C11H20N2OS2/c1-10(4-2-7-14)12-5-3-8-15-11-13-6-9-16-11/h6,9-10,12,14H,2-5,7-8H2,1H3. The van der Waals surface area contributed by atoms with Crippen molar-refractivity contribution in [1.82, 2.24) is 10.3 Å². The van der Waals surface area contributed by atoms with Gasteiger partial charge in [0.2, 0.25) is 0 Å². The zero-order valence-electron chi connectivity index (χ0n) is 9.69. The first-order chi connectivity index (χ1) is 7.83. The van der Waals surface area contributed by atoms with Crippen molar-refractivity contribution >= 4 is 23.1 Å². The zero-order valence-corrected chi connectivity index (χ0v) is 11.3. The number of rotatable bonds is 9. The van der Waals surface area contributed by atoms with Crippen molar-refractivity contribution in [3.05, 3.63) is 11.6 Å². The number of thiazole rings is 1. The molecule has 0 bridgehead atoms. The van der Waals surface area contributed by atoms with E-state index in [-0.39, 0.29) is 0 Å². The summed E-state index contributed by atoms with van der Waals surface area (Å²) in [6, 6.07) is 0.511. The van der Waals surface area contributed by atoms with Crippen LogP contribution in [0.15, 0.2) is 15.9 Å². The molecule has 3 nitrogen and oxygen atoms in total. The second kappa shape index (κ2) is 8.98. The largest absolute Gasteiger partial charge is 0.396 e. The van der Waals surface area contributed by atoms with Gasteiger partial charge < -0.3 is 10.4 Å². The minimum Gasteiger partial charge on any atom is -0.396 e. The molecule has 1 atom stereocenters. The van der Waals surface area contributed by atoms with Gasteiger partial charge in [0.25, 0.3) is 0 Å². The minimum absolute atomic E-state index is 0.298. The van der Waals surface area contributed by atoms with Gasteiger partial charge in [-0.05, 0) is 32.7 Å². The van der Waals surface area contributed by atoms with Crippen LogP contribution in [0.4, 0.5) is 0 Å². The second-order valence-corrected chi connectivity index (χ2v) is 5.96. The predicted octanol–water partition coefficient (Wildman–Crippen LogP) is 2.38. The van der Waals surface area contributed by atoms with E-state index < -0.39 is 0 Å². The van der Waals surface area contributed by atoms with E-state index in [1.54, 1.807) is 11.3 Å². The summed E-state index contributed by atoms with van der Waals surface area (Å²) < 4.78 is 1.16. The third-order valence-corrected chi connectivity index (χ3v) is 4.30. The van der Waals surface area contributed by atoms with E-state index in [1.165, 1.54) is 0 Å². The van der Waals surface area contributed by atoms with Crippen LogP contribution < -0.4 is 5.32 Å². The Morgan fingerprint density at radius 3 is 3.12 bits per heavy atom. The van der Waals surface area contributed by atoms with Crippen LogP contribution in [-0.4, -0.2) is 35.0 Å². The van der Waals surface area contributed by atoms with Crippen molar-refractivity contribution < 1.29 is 5.11 Å². The second-order valence-electron chi connectivity index (χ2n) is 3.72. The molecule has 16 heavy (non-hydrogen) atoms. The highest BCUT2D eigenvalue weighted by atomic mass is 32.2. The van der Waals surface area contributed by atoms with Crippen LogP contribution in [0.3, 0.4) is 0 Å². The van der Waals surface area contributed by atoms with Gasteiger partial charge in [-0.1, -0.05) is 11.8 Å². The van der Waals surface area contributed by atoms with Gasteiger partial charge in [-0.15, -0.1) is 11.3 Å². The van der Waals surface area contributed by atoms with E-state index in [0.29, 0.717) is 12.6 Å². The van der Waals surface area contributed by atoms with Gasteiger partial charge in [0.15, 0.2) is 0 Å². The van der Waals surface area contributed by atoms with Crippen LogP contribution in [0.25, 0.3) is 0 Å². The zero-order chi connectivity index (χ0) is 11.6. The Kier molecular flexibility index (Phi) is 7.84. The molecule has 0 aliphatic heterocycles. The van der Waals surface area contributed by atoms with Crippen molar-refractivity contribution in [2.75, 3.05) is 18.9 Å². The molecule has 0 aliphatic rings. The number of nitrogens with one attached hydrogen (secondary N) is 1. The minimum atomic E-state index is 0.298. The number of aliphatic hydroxyl groups excluding tert-OH is 1. The van der Waals surface area contributed by atoms with Crippen LogP contribution in [0.5, 0.6) is 0 Å². The average molecular weight is 260 g/mol. The van der Waals surface area contributed by atoms with Crippen LogP contribution in [0.1, 0.15) is 26.2 Å². The first kappa shape index (κ1) is 14.0. The lowest BCUT2D eigenvalue weighted by Gasteiger charge is -2.12. The molecule has 0 aromatic carbocycles. The molecule has 0 radical (unpaired) electrons. The first-order valence-corrected chi connectivity index (χ1v) is 7.56. The first-order valence-electron chi connectivity index (χ1n) is 5.69. The molecule has 1 aromatic rings. The molecular weight excluding hydrogens is 240 g/mol. The monoisotopic (exact) mass is 260 g/mol. The molecular formula is C11H20N2OS2. The van der Waals surface area contributed by atoms with Crippen LogP contribution in [0.2, 0.25) is 0 Å². The Morgan fingerprint density at radius 2 is 2.44 bits per heavy atom. The molecule has 2 N–H and O–H groups in total. The van der Waals surface area contributed by atoms with Crippen molar-refractivity contribution in [2.45, 2.75) is 36.6 Å². The quantitative estimate of drug-likeness (QED) is 0.528. The van der Waals surface area contributed by atoms with Crippen LogP contribution in [0, 0.1) is 0 Å². The van der Waals surface area contributed by atoms with E-state index in [4.69, 9.17) is 5.11 Å². The lowest BCUT2D eigenvalue weighted by molar-refractivity contribution is 0.276. The van der Waals surface area contributed by atoms with Crippen molar-refractivity contribution in [3.8, 4) is 0 Å². The van der Waals surface area contributed by atoms with E-state index in [9.17, 15) is 0 Å². The van der Waals surface area contributed by atoms with E-state index in [1.807, 2.05) is 23.3 Å². The summed E-state index contributed by atoms with van der Waals surface area (Å²) in [4.78, 5) is 4.22. The van der Waals surface area contributed by atoms with E-state index in [2.05, 4.69) is 17.2 Å². The number of hydrogen-bond acceptors (Lipinski definition) is 5. The summed E-state index contributed by atoms with van der Waals surface area (Å²) >= 11 is 3.53. The van der Waals surface area contributed by atoms with Crippen LogP contribution in [-0.2, 0) is 0 Å². The van der Waals surface area contributed by atoms with Gasteiger partial charge in [-0.3, -0.25) is 0 Å². The van der Waals surface area contributed by atoms with Crippen molar-refractivity contribution in [2.24, 2.45) is 0 Å². The fraction of sp³-hybridized carbons (Fsp3) is 0.727. The number of aromatic nitrogens is 1. The maximum Gasteiger partial charge on any atom is 0.149 e. The molecule has 0 aliphatic carbocycles. The fourth-order valence-electron chi connectivity index (χ4n) is 1.36. The molecule has 0 spiro atoms. The SMILES string of the molecule is CC(CCCO)NCCCSc1nccs1. The molecule has 1 rings (SSSR count). The topological polar surface area (TPSA) is 45.1 Å². The molecule has 92 valence electrons. The van der Waals surface area contributed by atoms with Gasteiger partial charge in [-0.25, -0.2) is 4.98 Å². The number of nitrogens with zero attached hydrogens (tertiary/aromatic N) is 1. The Morgan fingerprint density at radius 1 is 1.56 bits per heavy atom. The molecule has 1 aromatic heterocycles. The maximum atomic E-state index is 8.69. The van der Waals surface area contributed by atoms with Crippen molar-refractivity contribution in [3.63, 3.8) is 0 Å². The highest BCUT2D eigenvalue weighted by molar-refractivity contribution is 8.00. The lowest BCUT2D eigenvalue weighted by Crippen LogP contribution is -2.27. The van der Waals surface area contributed by atoms with Gasteiger partial charge >= 0.3 is 0 Å². The third kappa shape index (κ3) is 6.48.